The molecule has 15 heavy (non-hydrogen) atoms. The van der Waals surface area contributed by atoms with Crippen LogP contribution in [0.4, 0.5) is 0 Å². The molecule has 0 aliphatic heterocycles. The first-order valence-electron chi connectivity index (χ1n) is 4.26. The van der Waals surface area contributed by atoms with Gasteiger partial charge in [-0.1, -0.05) is 5.16 Å². The zero-order valence-corrected chi connectivity index (χ0v) is 8.49. The molecule has 0 unspecified atom stereocenters. The molecule has 0 aliphatic carbocycles. The Morgan fingerprint density at radius 1 is 1.60 bits per heavy atom. The van der Waals surface area contributed by atoms with Crippen molar-refractivity contribution >= 4 is 11.3 Å². The first-order chi connectivity index (χ1) is 7.35. The molecule has 0 saturated carbocycles. The Morgan fingerprint density at radius 2 is 2.47 bits per heavy atom. The van der Waals surface area contributed by atoms with E-state index in [2.05, 4.69) is 10.1 Å². The number of nitrogens with zero attached hydrogens (tertiary/aromatic N) is 3. The normalized spacial score (nSPS) is 10.1. The van der Waals surface area contributed by atoms with E-state index in [-0.39, 0.29) is 6.61 Å². The highest BCUT2D eigenvalue weighted by Crippen LogP contribution is 2.27. The summed E-state index contributed by atoms with van der Waals surface area (Å²) in [4.78, 5) is 4.75. The van der Waals surface area contributed by atoms with Crippen molar-refractivity contribution in [1.29, 1.82) is 5.26 Å². The number of rotatable bonds is 3. The van der Waals surface area contributed by atoms with Crippen LogP contribution in [0.2, 0.25) is 0 Å². The predicted octanol–water partition coefficient (Wildman–Crippen LogP) is 1.20. The molecular weight excluding hydrogens is 214 g/mol. The minimum absolute atomic E-state index is 0.0193. The molecule has 76 valence electrons. The van der Waals surface area contributed by atoms with Gasteiger partial charge >= 0.3 is 0 Å². The van der Waals surface area contributed by atoms with Gasteiger partial charge in [-0.25, -0.2) is 0 Å². The van der Waals surface area contributed by atoms with E-state index < -0.39 is 0 Å². The van der Waals surface area contributed by atoms with E-state index in [4.69, 9.17) is 14.9 Å². The standard InChI is InChI=1S/C9H7N3O2S/c10-5-6-2-4-15-8(6)9-11-7(1-3-13)12-14-9/h2,4,13H,1,3H2. The van der Waals surface area contributed by atoms with Gasteiger partial charge in [0.1, 0.15) is 10.9 Å². The van der Waals surface area contributed by atoms with Crippen LogP contribution in [0.1, 0.15) is 11.4 Å². The molecule has 2 heterocycles. The van der Waals surface area contributed by atoms with Crippen molar-refractivity contribution < 1.29 is 9.63 Å². The van der Waals surface area contributed by atoms with E-state index in [0.717, 1.165) is 0 Å². The van der Waals surface area contributed by atoms with E-state index >= 15 is 0 Å². The molecule has 1 N–H and O–H groups in total. The fraction of sp³-hybridized carbons (Fsp3) is 0.222. The zero-order valence-electron chi connectivity index (χ0n) is 7.67. The highest BCUT2D eigenvalue weighted by atomic mass is 32.1. The topological polar surface area (TPSA) is 82.9 Å². The molecule has 2 rings (SSSR count). The Kier molecular flexibility index (Phi) is 2.76. The second-order valence-electron chi connectivity index (χ2n) is 2.76. The molecule has 0 saturated heterocycles. The molecule has 2 aromatic heterocycles. The third-order valence-electron chi connectivity index (χ3n) is 1.78. The summed E-state index contributed by atoms with van der Waals surface area (Å²) in [6, 6.07) is 3.75. The van der Waals surface area contributed by atoms with Crippen molar-refractivity contribution in [3.8, 4) is 16.8 Å². The van der Waals surface area contributed by atoms with Gasteiger partial charge in [0.05, 0.1) is 12.2 Å². The SMILES string of the molecule is N#Cc1ccsc1-c1nc(CCO)no1. The van der Waals surface area contributed by atoms with Gasteiger partial charge in [0.2, 0.25) is 0 Å². The second kappa shape index (κ2) is 4.21. The van der Waals surface area contributed by atoms with Gasteiger partial charge in [0, 0.05) is 6.42 Å². The minimum Gasteiger partial charge on any atom is -0.396 e. The number of aromatic nitrogens is 2. The number of aliphatic hydroxyl groups excluding tert-OH is 1. The molecule has 0 fully saturated rings. The van der Waals surface area contributed by atoms with Gasteiger partial charge in [-0.05, 0) is 11.4 Å². The molecule has 2 aromatic rings. The Morgan fingerprint density at radius 3 is 3.20 bits per heavy atom. The molecule has 5 nitrogen and oxygen atoms in total. The Labute approximate surface area is 89.6 Å². The third-order valence-corrected chi connectivity index (χ3v) is 2.69. The third kappa shape index (κ3) is 1.88. The average molecular weight is 221 g/mol. The second-order valence-corrected chi connectivity index (χ2v) is 3.68. The lowest BCUT2D eigenvalue weighted by Gasteiger charge is -1.86. The number of thiophene rings is 1. The largest absolute Gasteiger partial charge is 0.396 e. The van der Waals surface area contributed by atoms with Crippen molar-refractivity contribution in [2.24, 2.45) is 0 Å². The molecule has 0 aliphatic rings. The lowest BCUT2D eigenvalue weighted by atomic mass is 10.3. The summed E-state index contributed by atoms with van der Waals surface area (Å²) in [7, 11) is 0. The highest BCUT2D eigenvalue weighted by molar-refractivity contribution is 7.13. The lowest BCUT2D eigenvalue weighted by Crippen LogP contribution is -1.92. The van der Waals surface area contributed by atoms with Crippen LogP contribution in [-0.4, -0.2) is 21.9 Å². The zero-order chi connectivity index (χ0) is 10.7. The van der Waals surface area contributed by atoms with Gasteiger partial charge in [0.15, 0.2) is 5.82 Å². The smallest absolute Gasteiger partial charge is 0.269 e. The number of hydrogen-bond donors (Lipinski definition) is 1. The Balaban J connectivity index is 2.34. The highest BCUT2D eigenvalue weighted by Gasteiger charge is 2.13. The van der Waals surface area contributed by atoms with Gasteiger partial charge < -0.3 is 9.63 Å². The average Bonchev–Trinajstić information content (AvgIpc) is 2.84. The van der Waals surface area contributed by atoms with E-state index in [1.54, 1.807) is 11.4 Å². The van der Waals surface area contributed by atoms with Crippen molar-refractivity contribution in [3.05, 3.63) is 22.8 Å². The van der Waals surface area contributed by atoms with Crippen LogP contribution >= 0.6 is 11.3 Å². The van der Waals surface area contributed by atoms with Crippen LogP contribution in [0.5, 0.6) is 0 Å². The fourth-order valence-electron chi connectivity index (χ4n) is 1.11. The van der Waals surface area contributed by atoms with E-state index in [1.807, 2.05) is 6.07 Å². The van der Waals surface area contributed by atoms with Crippen LogP contribution in [0.15, 0.2) is 16.0 Å². The van der Waals surface area contributed by atoms with Crippen LogP contribution in [0.25, 0.3) is 10.8 Å². The molecule has 0 spiro atoms. The molecule has 0 atom stereocenters. The van der Waals surface area contributed by atoms with Crippen LogP contribution in [0, 0.1) is 11.3 Å². The predicted molar refractivity (Wildman–Crippen MR) is 53.1 cm³/mol. The number of aliphatic hydroxyl groups is 1. The van der Waals surface area contributed by atoms with Gasteiger partial charge in [-0.3, -0.25) is 0 Å². The monoisotopic (exact) mass is 221 g/mol. The summed E-state index contributed by atoms with van der Waals surface area (Å²) >= 11 is 1.38. The van der Waals surface area contributed by atoms with E-state index in [1.165, 1.54) is 11.3 Å². The maximum Gasteiger partial charge on any atom is 0.269 e. The summed E-state index contributed by atoms with van der Waals surface area (Å²) < 4.78 is 4.99. The Hall–Kier alpha value is -1.71. The summed E-state index contributed by atoms with van der Waals surface area (Å²) in [5.74, 6) is 0.787. The maximum absolute atomic E-state index is 8.81. The minimum atomic E-state index is -0.0193. The quantitative estimate of drug-likeness (QED) is 0.842. The molecular formula is C9H7N3O2S. The van der Waals surface area contributed by atoms with Crippen molar-refractivity contribution in [2.45, 2.75) is 6.42 Å². The van der Waals surface area contributed by atoms with Gasteiger partial charge in [0.25, 0.3) is 5.89 Å². The lowest BCUT2D eigenvalue weighted by molar-refractivity contribution is 0.293. The summed E-state index contributed by atoms with van der Waals surface area (Å²) in [6.45, 7) is -0.0193. The first kappa shape index (κ1) is 9.83. The molecule has 0 bridgehead atoms. The van der Waals surface area contributed by atoms with Crippen LogP contribution in [0.3, 0.4) is 0 Å². The molecule has 0 radical (unpaired) electrons. The van der Waals surface area contributed by atoms with Crippen LogP contribution in [-0.2, 0) is 6.42 Å². The Bertz CT molecular complexity index is 497. The van der Waals surface area contributed by atoms with Gasteiger partial charge in [-0.15, -0.1) is 11.3 Å². The first-order valence-corrected chi connectivity index (χ1v) is 5.14. The fourth-order valence-corrected chi connectivity index (χ4v) is 1.88. The van der Waals surface area contributed by atoms with Crippen molar-refractivity contribution in [2.75, 3.05) is 6.61 Å². The number of nitriles is 1. The van der Waals surface area contributed by atoms with Crippen molar-refractivity contribution in [3.63, 3.8) is 0 Å². The molecule has 0 amide bonds. The van der Waals surface area contributed by atoms with E-state index in [0.29, 0.717) is 28.6 Å². The maximum atomic E-state index is 8.81. The summed E-state index contributed by atoms with van der Waals surface area (Å²) in [5.41, 5.74) is 0.527. The number of hydrogen-bond acceptors (Lipinski definition) is 6. The summed E-state index contributed by atoms with van der Waals surface area (Å²) in [6.07, 6.45) is 0.358. The molecule has 6 heteroatoms. The van der Waals surface area contributed by atoms with E-state index in [9.17, 15) is 0 Å². The van der Waals surface area contributed by atoms with Gasteiger partial charge in [-0.2, -0.15) is 10.2 Å². The van der Waals surface area contributed by atoms with Crippen molar-refractivity contribution in [1.82, 2.24) is 10.1 Å². The van der Waals surface area contributed by atoms with Crippen LogP contribution < -0.4 is 0 Å². The molecule has 0 aromatic carbocycles. The summed E-state index contributed by atoms with van der Waals surface area (Å²) in [5, 5.41) is 23.0.